The van der Waals surface area contributed by atoms with E-state index in [1.54, 1.807) is 21.3 Å². The van der Waals surface area contributed by atoms with Crippen LogP contribution in [0.1, 0.15) is 35.4 Å². The van der Waals surface area contributed by atoms with Crippen molar-refractivity contribution >= 4 is 5.71 Å². The molecule has 3 aromatic carbocycles. The van der Waals surface area contributed by atoms with Crippen LogP contribution in [0.3, 0.4) is 0 Å². The van der Waals surface area contributed by atoms with Gasteiger partial charge in [-0.2, -0.15) is 5.10 Å². The summed E-state index contributed by atoms with van der Waals surface area (Å²) in [6.07, 6.45) is 0.454. The summed E-state index contributed by atoms with van der Waals surface area (Å²) in [5, 5.41) is 7.06. The Balaban J connectivity index is 1.56. The topological polar surface area (TPSA) is 52.5 Å². The fraction of sp³-hybridized carbons (Fsp3) is 0.240. The van der Waals surface area contributed by atoms with E-state index in [4.69, 9.17) is 24.0 Å². The van der Waals surface area contributed by atoms with Crippen LogP contribution in [0.2, 0.25) is 0 Å². The molecule has 6 heteroatoms. The highest BCUT2D eigenvalue weighted by molar-refractivity contribution is 6.02. The van der Waals surface area contributed by atoms with Crippen molar-refractivity contribution in [2.75, 3.05) is 21.3 Å². The van der Waals surface area contributed by atoms with E-state index in [9.17, 15) is 0 Å². The molecule has 3 aromatic rings. The molecule has 31 heavy (non-hydrogen) atoms. The molecule has 0 saturated carbocycles. The van der Waals surface area contributed by atoms with E-state index >= 15 is 0 Å². The van der Waals surface area contributed by atoms with E-state index in [0.29, 0.717) is 0 Å². The number of nitrogens with zero attached hydrogens (tertiary/aromatic N) is 2. The maximum Gasteiger partial charge on any atom is 0.213 e. The van der Waals surface area contributed by atoms with E-state index in [1.807, 2.05) is 66.7 Å². The highest BCUT2D eigenvalue weighted by Gasteiger charge is 2.41. The van der Waals surface area contributed by atoms with Crippen LogP contribution < -0.4 is 18.9 Å². The molecule has 2 aliphatic heterocycles. The summed E-state index contributed by atoms with van der Waals surface area (Å²) >= 11 is 0. The number of methoxy groups -OCH3 is 3. The lowest BCUT2D eigenvalue weighted by atomic mass is 9.95. The highest BCUT2D eigenvalue weighted by atomic mass is 16.5. The second-order valence-corrected chi connectivity index (χ2v) is 7.52. The van der Waals surface area contributed by atoms with Gasteiger partial charge in [0, 0.05) is 17.5 Å². The number of rotatable bonds is 5. The van der Waals surface area contributed by atoms with Gasteiger partial charge >= 0.3 is 0 Å². The van der Waals surface area contributed by atoms with Crippen LogP contribution >= 0.6 is 0 Å². The third-order valence-electron chi connectivity index (χ3n) is 5.82. The maximum atomic E-state index is 6.43. The predicted molar refractivity (Wildman–Crippen MR) is 118 cm³/mol. The number of hydrazone groups is 1. The summed E-state index contributed by atoms with van der Waals surface area (Å²) in [6, 6.07) is 22.0. The highest BCUT2D eigenvalue weighted by Crippen LogP contribution is 2.48. The minimum Gasteiger partial charge on any atom is -0.497 e. The lowest BCUT2D eigenvalue weighted by molar-refractivity contribution is -0.0191. The monoisotopic (exact) mass is 416 g/mol. The molecule has 0 amide bonds. The molecule has 0 spiro atoms. The molecular weight excluding hydrogens is 392 g/mol. The number of ether oxygens (including phenoxy) is 4. The molecule has 0 radical (unpaired) electrons. The Morgan fingerprint density at radius 3 is 2.06 bits per heavy atom. The SMILES string of the molecule is COc1ccc(C2=NN3[C@H](C2)c2cc(OC)ccc2O[C@@H]3c2ccc(OC)cc2)cc1. The summed E-state index contributed by atoms with van der Waals surface area (Å²) in [4.78, 5) is 0. The van der Waals surface area contributed by atoms with Crippen LogP contribution in [-0.4, -0.2) is 32.0 Å². The second-order valence-electron chi connectivity index (χ2n) is 7.52. The Labute approximate surface area is 181 Å². The molecule has 0 aromatic heterocycles. The molecule has 0 fully saturated rings. The number of hydrogen-bond acceptors (Lipinski definition) is 6. The van der Waals surface area contributed by atoms with Crippen molar-refractivity contribution in [1.29, 1.82) is 0 Å². The first-order valence-electron chi connectivity index (χ1n) is 10.2. The van der Waals surface area contributed by atoms with E-state index in [0.717, 1.165) is 51.8 Å². The number of benzene rings is 3. The van der Waals surface area contributed by atoms with Gasteiger partial charge in [0.1, 0.15) is 23.0 Å². The lowest BCUT2D eigenvalue weighted by Crippen LogP contribution is -2.33. The van der Waals surface area contributed by atoms with E-state index < -0.39 is 0 Å². The Bertz CT molecular complexity index is 1110. The van der Waals surface area contributed by atoms with Crippen LogP contribution in [-0.2, 0) is 0 Å². The standard InChI is InChI=1S/C25H24N2O4/c1-28-18-8-4-16(5-9-18)22-15-23-21-14-20(30-3)12-13-24(21)31-25(27(23)26-22)17-6-10-19(29-2)11-7-17/h4-14,23,25H,15H2,1-3H3/t23-,25-/m1/s1. The van der Waals surface area contributed by atoms with Crippen molar-refractivity contribution in [2.24, 2.45) is 5.10 Å². The molecule has 158 valence electrons. The van der Waals surface area contributed by atoms with Crippen molar-refractivity contribution in [3.05, 3.63) is 83.4 Å². The van der Waals surface area contributed by atoms with Crippen molar-refractivity contribution in [3.63, 3.8) is 0 Å². The fourth-order valence-electron chi connectivity index (χ4n) is 4.14. The smallest absolute Gasteiger partial charge is 0.213 e. The fourth-order valence-corrected chi connectivity index (χ4v) is 4.14. The average molecular weight is 416 g/mol. The van der Waals surface area contributed by atoms with Crippen LogP contribution in [0.5, 0.6) is 23.0 Å². The quantitative estimate of drug-likeness (QED) is 0.589. The maximum absolute atomic E-state index is 6.43. The van der Waals surface area contributed by atoms with Crippen LogP contribution in [0.25, 0.3) is 0 Å². The molecule has 5 rings (SSSR count). The Morgan fingerprint density at radius 1 is 0.806 bits per heavy atom. The first-order chi connectivity index (χ1) is 15.2. The third kappa shape index (κ3) is 3.44. The largest absolute Gasteiger partial charge is 0.497 e. The Hall–Kier alpha value is -3.67. The molecule has 0 bridgehead atoms. The summed E-state index contributed by atoms with van der Waals surface area (Å²) in [5.74, 6) is 3.30. The molecule has 6 nitrogen and oxygen atoms in total. The first kappa shape index (κ1) is 19.3. The van der Waals surface area contributed by atoms with Crippen LogP contribution in [0, 0.1) is 0 Å². The minimum atomic E-state index is -0.326. The molecule has 2 atom stereocenters. The Kier molecular flexibility index (Phi) is 4.90. The molecule has 0 aliphatic carbocycles. The molecule has 0 unspecified atom stereocenters. The summed E-state index contributed by atoms with van der Waals surface area (Å²) in [5.41, 5.74) is 4.20. The second kappa shape index (κ2) is 7.87. The lowest BCUT2D eigenvalue weighted by Gasteiger charge is -2.38. The molecule has 2 heterocycles. The van der Waals surface area contributed by atoms with Crippen LogP contribution in [0.4, 0.5) is 0 Å². The normalized spacial score (nSPS) is 19.1. The molecule has 0 N–H and O–H groups in total. The molecule has 2 aliphatic rings. The van der Waals surface area contributed by atoms with Gasteiger partial charge in [0.05, 0.1) is 33.1 Å². The van der Waals surface area contributed by atoms with Crippen molar-refractivity contribution in [2.45, 2.75) is 18.7 Å². The van der Waals surface area contributed by atoms with Gasteiger partial charge in [-0.15, -0.1) is 0 Å². The van der Waals surface area contributed by atoms with Crippen molar-refractivity contribution in [3.8, 4) is 23.0 Å². The summed E-state index contributed by atoms with van der Waals surface area (Å²) < 4.78 is 22.5. The van der Waals surface area contributed by atoms with Crippen molar-refractivity contribution < 1.29 is 18.9 Å². The predicted octanol–water partition coefficient (Wildman–Crippen LogP) is 4.95. The third-order valence-corrected chi connectivity index (χ3v) is 5.82. The van der Waals surface area contributed by atoms with E-state index in [1.165, 1.54) is 0 Å². The van der Waals surface area contributed by atoms with Gasteiger partial charge in [0.2, 0.25) is 6.23 Å². The first-order valence-corrected chi connectivity index (χ1v) is 10.2. The minimum absolute atomic E-state index is 0.0584. The zero-order valence-electron chi connectivity index (χ0n) is 17.7. The molecular formula is C25H24N2O4. The zero-order valence-corrected chi connectivity index (χ0v) is 17.7. The van der Waals surface area contributed by atoms with Gasteiger partial charge in [-0.1, -0.05) is 0 Å². The van der Waals surface area contributed by atoms with Gasteiger partial charge in [0.15, 0.2) is 0 Å². The number of hydrogen-bond donors (Lipinski definition) is 0. The average Bonchev–Trinajstić information content (AvgIpc) is 3.29. The molecule has 0 saturated heterocycles. The summed E-state index contributed by atoms with van der Waals surface area (Å²) in [7, 11) is 5.01. The Morgan fingerprint density at radius 2 is 1.42 bits per heavy atom. The zero-order chi connectivity index (χ0) is 21.4. The van der Waals surface area contributed by atoms with Crippen molar-refractivity contribution in [1.82, 2.24) is 5.01 Å². The van der Waals surface area contributed by atoms with Gasteiger partial charge in [0.25, 0.3) is 0 Å². The van der Waals surface area contributed by atoms with Crippen LogP contribution in [0.15, 0.2) is 71.8 Å². The van der Waals surface area contributed by atoms with Gasteiger partial charge in [-0.25, -0.2) is 5.01 Å². The summed E-state index contributed by atoms with van der Waals surface area (Å²) in [6.45, 7) is 0. The van der Waals surface area contributed by atoms with Gasteiger partial charge in [-0.05, 0) is 72.3 Å². The van der Waals surface area contributed by atoms with Gasteiger partial charge in [-0.3, -0.25) is 0 Å². The van der Waals surface area contributed by atoms with E-state index in [2.05, 4.69) is 5.01 Å². The van der Waals surface area contributed by atoms with Gasteiger partial charge < -0.3 is 18.9 Å². The number of fused-ring (bicyclic) bond motifs is 3. The van der Waals surface area contributed by atoms with E-state index in [-0.39, 0.29) is 12.3 Å².